The van der Waals surface area contributed by atoms with Gasteiger partial charge in [0.25, 0.3) is 17.1 Å². The van der Waals surface area contributed by atoms with Crippen molar-refractivity contribution < 1.29 is 125 Å². The number of nitro benzene ring substituents is 3. The third-order valence-electron chi connectivity index (χ3n) is 8.13. The van der Waals surface area contributed by atoms with Gasteiger partial charge in [0.1, 0.15) is 22.3 Å². The monoisotopic (exact) mass is 1300 g/mol. The number of nitrogens with zero attached hydrogens (tertiary/aromatic N) is 3. The van der Waals surface area contributed by atoms with Gasteiger partial charge < -0.3 is 28.4 Å². The zero-order valence-corrected chi connectivity index (χ0v) is 45.6. The first-order valence-electron chi connectivity index (χ1n) is 21.3. The van der Waals surface area contributed by atoms with Crippen LogP contribution in [0.4, 0.5) is 69.7 Å². The largest absolute Gasteiger partial charge is 0.427 e. The van der Waals surface area contributed by atoms with Crippen LogP contribution in [0.1, 0.15) is 41.5 Å². The number of carbonyl (C=O) groups is 6. The predicted molar refractivity (Wildman–Crippen MR) is 266 cm³/mol. The highest BCUT2D eigenvalue weighted by Crippen LogP contribution is 2.42. The number of halogens is 16. The second kappa shape index (κ2) is 33.7. The predicted octanol–water partition coefficient (Wildman–Crippen LogP) is 13.7. The Bertz CT molecular complexity index is 3480. The lowest BCUT2D eigenvalue weighted by molar-refractivity contribution is -0.394. The Morgan fingerprint density at radius 2 is 0.706 bits per heavy atom. The van der Waals surface area contributed by atoms with E-state index in [0.717, 1.165) is 45.9 Å². The molecular weight excluding hydrogens is 1280 g/mol. The maximum absolute atomic E-state index is 12.8. The van der Waals surface area contributed by atoms with E-state index < -0.39 is 149 Å². The molecule has 6 rings (SSSR count). The van der Waals surface area contributed by atoms with E-state index in [2.05, 4.69) is 23.7 Å². The maximum Gasteiger partial charge on any atom is 0.308 e. The molecule has 0 spiro atoms. The molecule has 0 radical (unpaired) electrons. The molecule has 0 N–H and O–H groups in total. The molecule has 0 atom stereocenters. The average Bonchev–Trinajstić information content (AvgIpc) is 3.57. The van der Waals surface area contributed by atoms with Crippen molar-refractivity contribution >= 4 is 99.3 Å². The van der Waals surface area contributed by atoms with Crippen molar-refractivity contribution in [1.29, 1.82) is 0 Å². The van der Waals surface area contributed by atoms with Crippen molar-refractivity contribution in [1.82, 2.24) is 0 Å². The molecule has 0 saturated heterocycles. The summed E-state index contributed by atoms with van der Waals surface area (Å²) in [6.45, 7) is 6.20. The number of hydrogen-bond acceptors (Lipinski definition) is 18. The molecular formula is C48H29Cl4F12N3O18. The van der Waals surface area contributed by atoms with Crippen LogP contribution in [-0.2, 0) is 28.8 Å². The lowest BCUT2D eigenvalue weighted by Crippen LogP contribution is -2.10. The standard InChI is InChI=1S/C8H4Cl4O2.C8H3F5O2.C8H4F4O2.C8H5F3O2.C8H6N2O6.C8H7NO4/c1-3(13)14-8-5(10)2-4(9)6(11)7(8)12;1-2(14)15-8-6(12)4(10)3(9)5(11)7(8)13;1-3(13)14-8-6(11)4(9)2-5(10)7(8)12;1-4(12)13-7-3-5(9)2-6(10)8(7)11;1-5(11)16-8-3-6(9(12)13)2-7(4-8)10(14)15;1-6(10)13-8-4-2-7(3-5-8)9(11)12/h2H,1H3;1H3;2H,1H3;2-3H,1H3;2-4H,1H3;2-5H,1H3. The van der Waals surface area contributed by atoms with Gasteiger partial charge in [-0.2, -0.15) is 22.0 Å². The van der Waals surface area contributed by atoms with Crippen LogP contribution in [0.15, 0.2) is 66.7 Å². The van der Waals surface area contributed by atoms with Crippen molar-refractivity contribution in [3.63, 3.8) is 0 Å². The van der Waals surface area contributed by atoms with Crippen molar-refractivity contribution in [2.45, 2.75) is 41.5 Å². The summed E-state index contributed by atoms with van der Waals surface area (Å²) in [7, 11) is 0. The van der Waals surface area contributed by atoms with Gasteiger partial charge in [0.05, 0.1) is 48.0 Å². The second-order valence-electron chi connectivity index (χ2n) is 14.7. The number of hydrogen-bond donors (Lipinski definition) is 0. The van der Waals surface area contributed by atoms with Gasteiger partial charge in [-0.3, -0.25) is 59.1 Å². The van der Waals surface area contributed by atoms with Crippen molar-refractivity contribution in [2.24, 2.45) is 0 Å². The fraction of sp³-hybridized carbons (Fsp3) is 0.125. The van der Waals surface area contributed by atoms with E-state index in [-0.39, 0.29) is 43.3 Å². The molecule has 0 unspecified atom stereocenters. The van der Waals surface area contributed by atoms with Crippen LogP contribution in [0, 0.1) is 100 Å². The lowest BCUT2D eigenvalue weighted by atomic mass is 10.2. The Hall–Kier alpha value is -9.34. The fourth-order valence-electron chi connectivity index (χ4n) is 4.96. The normalized spacial score (nSPS) is 9.86. The van der Waals surface area contributed by atoms with Crippen LogP contribution in [-0.4, -0.2) is 50.6 Å². The van der Waals surface area contributed by atoms with Crippen LogP contribution in [0.2, 0.25) is 20.1 Å². The van der Waals surface area contributed by atoms with Crippen LogP contribution in [0.3, 0.4) is 0 Å². The summed E-state index contributed by atoms with van der Waals surface area (Å²) in [6, 6.07) is 10.3. The summed E-state index contributed by atoms with van der Waals surface area (Å²) in [4.78, 5) is 91.8. The first-order chi connectivity index (χ1) is 39.2. The van der Waals surface area contributed by atoms with Gasteiger partial charge in [-0.05, 0) is 18.2 Å². The zero-order valence-electron chi connectivity index (χ0n) is 42.6. The summed E-state index contributed by atoms with van der Waals surface area (Å²) < 4.78 is 177. The van der Waals surface area contributed by atoms with Crippen LogP contribution >= 0.6 is 46.4 Å². The minimum Gasteiger partial charge on any atom is -0.427 e. The Morgan fingerprint density at radius 3 is 1.09 bits per heavy atom. The zero-order chi connectivity index (χ0) is 65.7. The second-order valence-corrected chi connectivity index (χ2v) is 16.3. The summed E-state index contributed by atoms with van der Waals surface area (Å²) in [5, 5.41) is 31.6. The molecule has 37 heteroatoms. The third-order valence-corrected chi connectivity index (χ3v) is 9.66. The molecule has 0 amide bonds. The molecule has 0 bridgehead atoms. The Labute approximate surface area is 485 Å². The number of benzene rings is 6. The molecule has 21 nitrogen and oxygen atoms in total. The summed E-state index contributed by atoms with van der Waals surface area (Å²) in [6.07, 6.45) is 0. The van der Waals surface area contributed by atoms with E-state index in [1.807, 2.05) is 0 Å². The van der Waals surface area contributed by atoms with Crippen molar-refractivity contribution in [2.75, 3.05) is 0 Å². The number of ether oxygens (including phenoxy) is 6. The number of nitro groups is 3. The van der Waals surface area contributed by atoms with Gasteiger partial charge in [0, 0.05) is 71.9 Å². The van der Waals surface area contributed by atoms with Crippen LogP contribution in [0.5, 0.6) is 34.5 Å². The molecule has 0 aromatic heterocycles. The fourth-order valence-corrected chi connectivity index (χ4v) is 5.94. The average molecular weight is 1310 g/mol. The highest BCUT2D eigenvalue weighted by Gasteiger charge is 2.28. The summed E-state index contributed by atoms with van der Waals surface area (Å²) in [5.74, 6) is -29.9. The molecule has 85 heavy (non-hydrogen) atoms. The van der Waals surface area contributed by atoms with E-state index in [1.54, 1.807) is 0 Å². The van der Waals surface area contributed by atoms with E-state index in [1.165, 1.54) is 44.2 Å². The van der Waals surface area contributed by atoms with Gasteiger partial charge >= 0.3 is 35.8 Å². The first-order valence-corrected chi connectivity index (χ1v) is 22.8. The highest BCUT2D eigenvalue weighted by atomic mass is 35.5. The highest BCUT2D eigenvalue weighted by molar-refractivity contribution is 6.50. The Balaban J connectivity index is 0.000000511. The van der Waals surface area contributed by atoms with Gasteiger partial charge in [0.2, 0.25) is 58.0 Å². The van der Waals surface area contributed by atoms with E-state index in [9.17, 15) is 112 Å². The maximum atomic E-state index is 12.8. The molecule has 0 aliphatic rings. The van der Waals surface area contributed by atoms with Gasteiger partial charge in [0.15, 0.2) is 29.0 Å². The van der Waals surface area contributed by atoms with E-state index >= 15 is 0 Å². The molecule has 0 fully saturated rings. The first kappa shape index (κ1) is 73.7. The smallest absolute Gasteiger partial charge is 0.308 e. The molecule has 0 heterocycles. The lowest BCUT2D eigenvalue weighted by Gasteiger charge is -2.08. The SMILES string of the molecule is CC(=O)Oc1c(Cl)cc(Cl)c(Cl)c1Cl.CC(=O)Oc1c(F)c(F)c(F)c(F)c1F.CC(=O)Oc1c(F)c(F)cc(F)c1F.CC(=O)Oc1cc(F)cc(F)c1F.CC(=O)Oc1cc([N+](=O)[O-])cc([N+](=O)[O-])c1.CC(=O)Oc1ccc([N+](=O)[O-])cc1. The van der Waals surface area contributed by atoms with Crippen LogP contribution in [0.25, 0.3) is 0 Å². The van der Waals surface area contributed by atoms with Gasteiger partial charge in [-0.1, -0.05) is 46.4 Å². The van der Waals surface area contributed by atoms with Crippen molar-refractivity contribution in [3.05, 3.63) is 187 Å². The molecule has 0 aliphatic carbocycles. The molecule has 6 aromatic carbocycles. The number of non-ortho nitro benzene ring substituents is 3. The molecule has 456 valence electrons. The summed E-state index contributed by atoms with van der Waals surface area (Å²) in [5.41, 5.74) is -1.05. The van der Waals surface area contributed by atoms with E-state index in [0.29, 0.717) is 17.9 Å². The number of rotatable bonds is 9. The Morgan fingerprint density at radius 1 is 0.353 bits per heavy atom. The quantitative estimate of drug-likeness (QED) is 0.0247. The van der Waals surface area contributed by atoms with Crippen LogP contribution < -0.4 is 28.4 Å². The van der Waals surface area contributed by atoms with E-state index in [4.69, 9.17) is 51.1 Å². The topological polar surface area (TPSA) is 287 Å². The molecule has 6 aromatic rings. The molecule has 0 saturated carbocycles. The minimum atomic E-state index is -2.30. The number of carbonyl (C=O) groups excluding carboxylic acids is 6. The van der Waals surface area contributed by atoms with Gasteiger partial charge in [-0.25, -0.2) is 30.7 Å². The number of esters is 6. The minimum absolute atomic E-state index is 0.0234. The third kappa shape index (κ3) is 23.8. The molecule has 0 aliphatic heterocycles. The summed E-state index contributed by atoms with van der Waals surface area (Å²) >= 11 is 22.9. The van der Waals surface area contributed by atoms with Gasteiger partial charge in [-0.15, -0.1) is 0 Å². The van der Waals surface area contributed by atoms with Crippen molar-refractivity contribution in [3.8, 4) is 34.5 Å². The Kier molecular flexibility index (Phi) is 29.2.